The van der Waals surface area contributed by atoms with Crippen molar-refractivity contribution in [3.63, 3.8) is 0 Å². The third kappa shape index (κ3) is 2.65. The van der Waals surface area contributed by atoms with Crippen LogP contribution in [0.25, 0.3) is 11.3 Å². The predicted molar refractivity (Wildman–Crippen MR) is 87.2 cm³/mol. The fourth-order valence-electron chi connectivity index (χ4n) is 3.64. The molecule has 1 N–H and O–H groups in total. The van der Waals surface area contributed by atoms with E-state index in [1.165, 1.54) is 5.56 Å². The quantitative estimate of drug-likeness (QED) is 0.928. The van der Waals surface area contributed by atoms with Gasteiger partial charge in [0.15, 0.2) is 0 Å². The maximum absolute atomic E-state index is 12.8. The number of nitrogens with zero attached hydrogens (tertiary/aromatic N) is 2. The summed E-state index contributed by atoms with van der Waals surface area (Å²) in [5.74, 6) is 0.0380. The lowest BCUT2D eigenvalue weighted by Gasteiger charge is -2.37. The standard InChI is InChI=1S/C18H21N3O2/c1-12-5-7-13(8-6-12)14-11-15(20-19-14)18(22)21-9-10-23-17-4-2-3-16(17)21/h5-8,11,16-17H,2-4,9-10H2,1H3,(H,19,20)/t16-,17+/m0/s1. The van der Waals surface area contributed by atoms with Gasteiger partial charge in [-0.2, -0.15) is 5.10 Å². The van der Waals surface area contributed by atoms with E-state index >= 15 is 0 Å². The number of morpholine rings is 1. The summed E-state index contributed by atoms with van der Waals surface area (Å²) in [6.07, 6.45) is 3.45. The van der Waals surface area contributed by atoms with Gasteiger partial charge in [0.2, 0.25) is 0 Å². The number of hydrogen-bond acceptors (Lipinski definition) is 3. The molecule has 0 unspecified atom stereocenters. The molecule has 5 nitrogen and oxygen atoms in total. The van der Waals surface area contributed by atoms with Crippen LogP contribution in [0, 0.1) is 6.92 Å². The van der Waals surface area contributed by atoms with Gasteiger partial charge in [0.25, 0.3) is 5.91 Å². The zero-order valence-corrected chi connectivity index (χ0v) is 13.3. The summed E-state index contributed by atoms with van der Waals surface area (Å²) in [5.41, 5.74) is 3.60. The summed E-state index contributed by atoms with van der Waals surface area (Å²) in [6, 6.07) is 10.2. The summed E-state index contributed by atoms with van der Waals surface area (Å²) in [7, 11) is 0. The summed E-state index contributed by atoms with van der Waals surface area (Å²) in [6.45, 7) is 3.35. The number of nitrogens with one attached hydrogen (secondary N) is 1. The lowest BCUT2D eigenvalue weighted by molar-refractivity contribution is -0.0447. The van der Waals surface area contributed by atoms with E-state index < -0.39 is 0 Å². The van der Waals surface area contributed by atoms with Crippen molar-refractivity contribution in [1.29, 1.82) is 0 Å². The van der Waals surface area contributed by atoms with Crippen molar-refractivity contribution in [2.45, 2.75) is 38.3 Å². The van der Waals surface area contributed by atoms with E-state index in [-0.39, 0.29) is 18.1 Å². The van der Waals surface area contributed by atoms with Crippen molar-refractivity contribution in [3.05, 3.63) is 41.6 Å². The highest BCUT2D eigenvalue weighted by Crippen LogP contribution is 2.30. The molecule has 1 aromatic heterocycles. The number of aryl methyl sites for hydroxylation is 1. The molecule has 0 spiro atoms. The molecule has 2 fully saturated rings. The fraction of sp³-hybridized carbons (Fsp3) is 0.444. The first-order chi connectivity index (χ1) is 11.2. The summed E-state index contributed by atoms with van der Waals surface area (Å²) in [5, 5.41) is 7.23. The van der Waals surface area contributed by atoms with Gasteiger partial charge >= 0.3 is 0 Å². The van der Waals surface area contributed by atoms with Crippen molar-refractivity contribution >= 4 is 5.91 Å². The molecule has 0 radical (unpaired) electrons. The molecule has 4 rings (SSSR count). The Balaban J connectivity index is 1.56. The van der Waals surface area contributed by atoms with Crippen molar-refractivity contribution < 1.29 is 9.53 Å². The first-order valence-electron chi connectivity index (χ1n) is 8.27. The molecule has 2 atom stereocenters. The number of aromatic amines is 1. The van der Waals surface area contributed by atoms with Gasteiger partial charge in [-0.05, 0) is 32.3 Å². The molecule has 1 aromatic carbocycles. The second kappa shape index (κ2) is 5.81. The van der Waals surface area contributed by atoms with Gasteiger partial charge in [-0.1, -0.05) is 29.8 Å². The molecular weight excluding hydrogens is 290 g/mol. The monoisotopic (exact) mass is 311 g/mol. The van der Waals surface area contributed by atoms with Crippen molar-refractivity contribution in [2.75, 3.05) is 13.2 Å². The highest BCUT2D eigenvalue weighted by atomic mass is 16.5. The SMILES string of the molecule is Cc1ccc(-c2cc(C(=O)N3CCO[C@@H]4CCC[C@@H]43)[nH]n2)cc1. The van der Waals surface area contributed by atoms with Gasteiger partial charge in [-0.15, -0.1) is 0 Å². The van der Waals surface area contributed by atoms with E-state index in [9.17, 15) is 4.79 Å². The maximum Gasteiger partial charge on any atom is 0.272 e. The van der Waals surface area contributed by atoms with Crippen LogP contribution in [-0.2, 0) is 4.74 Å². The van der Waals surface area contributed by atoms with Crippen molar-refractivity contribution in [2.24, 2.45) is 0 Å². The Morgan fingerprint density at radius 2 is 2.13 bits per heavy atom. The van der Waals surface area contributed by atoms with Gasteiger partial charge in [0, 0.05) is 12.1 Å². The average molecular weight is 311 g/mol. The third-order valence-electron chi connectivity index (χ3n) is 4.90. The van der Waals surface area contributed by atoms with Crippen LogP contribution >= 0.6 is 0 Å². The fourth-order valence-corrected chi connectivity index (χ4v) is 3.64. The lowest BCUT2D eigenvalue weighted by atomic mass is 10.1. The number of H-pyrrole nitrogens is 1. The zero-order chi connectivity index (χ0) is 15.8. The minimum absolute atomic E-state index is 0.0380. The number of ether oxygens (including phenoxy) is 1. The minimum Gasteiger partial charge on any atom is -0.374 e. The molecule has 0 bridgehead atoms. The predicted octanol–water partition coefficient (Wildman–Crippen LogP) is 2.78. The van der Waals surface area contributed by atoms with E-state index in [4.69, 9.17) is 4.74 Å². The van der Waals surface area contributed by atoms with Gasteiger partial charge in [0.1, 0.15) is 5.69 Å². The van der Waals surface area contributed by atoms with Crippen LogP contribution in [0.2, 0.25) is 0 Å². The smallest absolute Gasteiger partial charge is 0.272 e. The van der Waals surface area contributed by atoms with Crippen LogP contribution in [0.3, 0.4) is 0 Å². The van der Waals surface area contributed by atoms with Crippen molar-refractivity contribution in [1.82, 2.24) is 15.1 Å². The van der Waals surface area contributed by atoms with Gasteiger partial charge in [-0.3, -0.25) is 9.89 Å². The Hall–Kier alpha value is -2.14. The first kappa shape index (κ1) is 14.5. The zero-order valence-electron chi connectivity index (χ0n) is 13.3. The lowest BCUT2D eigenvalue weighted by Crippen LogP contribution is -2.51. The van der Waals surface area contributed by atoms with Gasteiger partial charge in [-0.25, -0.2) is 0 Å². The largest absolute Gasteiger partial charge is 0.374 e. The number of aromatic nitrogens is 2. The Labute approximate surface area is 135 Å². The first-order valence-corrected chi connectivity index (χ1v) is 8.27. The molecule has 2 heterocycles. The highest BCUT2D eigenvalue weighted by molar-refractivity contribution is 5.93. The number of amides is 1. The summed E-state index contributed by atoms with van der Waals surface area (Å²) < 4.78 is 5.78. The van der Waals surface area contributed by atoms with E-state index in [1.807, 2.05) is 23.1 Å². The van der Waals surface area contributed by atoms with Crippen molar-refractivity contribution in [3.8, 4) is 11.3 Å². The highest BCUT2D eigenvalue weighted by Gasteiger charge is 2.39. The van der Waals surface area contributed by atoms with Gasteiger partial charge in [0.05, 0.1) is 24.4 Å². The molecule has 1 saturated carbocycles. The number of fused-ring (bicyclic) bond motifs is 1. The second-order valence-electron chi connectivity index (χ2n) is 6.44. The Bertz CT molecular complexity index is 707. The summed E-state index contributed by atoms with van der Waals surface area (Å²) in [4.78, 5) is 14.8. The van der Waals surface area contributed by atoms with E-state index in [2.05, 4.69) is 29.3 Å². The number of carbonyl (C=O) groups excluding carboxylic acids is 1. The maximum atomic E-state index is 12.8. The van der Waals surface area contributed by atoms with E-state index in [0.717, 1.165) is 30.5 Å². The molecule has 23 heavy (non-hydrogen) atoms. The number of benzene rings is 1. The molecule has 5 heteroatoms. The topological polar surface area (TPSA) is 58.2 Å². The Kier molecular flexibility index (Phi) is 3.65. The molecule has 1 aliphatic carbocycles. The molecule has 1 saturated heterocycles. The number of rotatable bonds is 2. The normalized spacial score (nSPS) is 23.8. The molecule has 1 amide bonds. The van der Waals surface area contributed by atoms with Crippen LogP contribution in [0.4, 0.5) is 0 Å². The Morgan fingerprint density at radius 3 is 2.96 bits per heavy atom. The van der Waals surface area contributed by atoms with Crippen LogP contribution in [0.1, 0.15) is 35.3 Å². The molecular formula is C18H21N3O2. The molecule has 2 aliphatic rings. The van der Waals surface area contributed by atoms with E-state index in [0.29, 0.717) is 18.8 Å². The average Bonchev–Trinajstić information content (AvgIpc) is 3.23. The molecule has 1 aliphatic heterocycles. The summed E-state index contributed by atoms with van der Waals surface area (Å²) >= 11 is 0. The van der Waals surface area contributed by atoms with Crippen LogP contribution in [0.15, 0.2) is 30.3 Å². The number of hydrogen-bond donors (Lipinski definition) is 1. The van der Waals surface area contributed by atoms with Crippen LogP contribution < -0.4 is 0 Å². The van der Waals surface area contributed by atoms with E-state index in [1.54, 1.807) is 0 Å². The number of carbonyl (C=O) groups is 1. The van der Waals surface area contributed by atoms with Gasteiger partial charge < -0.3 is 9.64 Å². The minimum atomic E-state index is 0.0380. The molecule has 2 aromatic rings. The van der Waals surface area contributed by atoms with Crippen LogP contribution in [-0.4, -0.2) is 46.3 Å². The Morgan fingerprint density at radius 1 is 1.30 bits per heavy atom. The second-order valence-corrected chi connectivity index (χ2v) is 6.44. The third-order valence-corrected chi connectivity index (χ3v) is 4.90. The molecule has 120 valence electrons. The van der Waals surface area contributed by atoms with Crippen LogP contribution in [0.5, 0.6) is 0 Å².